The average Bonchev–Trinajstić information content (AvgIpc) is 3.02. The molecule has 0 unspecified atom stereocenters. The van der Waals surface area contributed by atoms with Crippen molar-refractivity contribution in [2.45, 2.75) is 20.4 Å². The van der Waals surface area contributed by atoms with Crippen molar-refractivity contribution in [1.29, 1.82) is 5.26 Å². The molecule has 0 amide bonds. The van der Waals surface area contributed by atoms with Gasteiger partial charge in [0.25, 0.3) is 0 Å². The second-order valence-corrected chi connectivity index (χ2v) is 5.96. The predicted molar refractivity (Wildman–Crippen MR) is 103 cm³/mol. The van der Waals surface area contributed by atoms with Crippen molar-refractivity contribution < 1.29 is 14.6 Å². The fraction of sp³-hybridized carbons (Fsp3) is 0.263. The largest absolute Gasteiger partial charge is 0.508 e. The number of aromatic hydroxyl groups is 1. The second kappa shape index (κ2) is 7.84. The van der Waals surface area contributed by atoms with Crippen molar-refractivity contribution in [1.82, 2.24) is 14.6 Å². The molecular formula is C19H20N6O3. The fourth-order valence-electron chi connectivity index (χ4n) is 2.90. The number of aromatic nitrogens is 3. The topological polar surface area (TPSA) is 130 Å². The first-order valence-electron chi connectivity index (χ1n) is 8.78. The SMILES string of the molecule is CCOC(=O)c1c(N)nn2ccc(N(CC)Cc3c(O)cccc3C#N)nc12. The van der Waals surface area contributed by atoms with Crippen LogP contribution in [-0.2, 0) is 11.3 Å². The molecule has 0 aliphatic heterocycles. The van der Waals surface area contributed by atoms with E-state index < -0.39 is 5.97 Å². The molecule has 0 aliphatic rings. The first-order chi connectivity index (χ1) is 13.5. The van der Waals surface area contributed by atoms with E-state index in [1.165, 1.54) is 10.6 Å². The van der Waals surface area contributed by atoms with E-state index in [9.17, 15) is 15.2 Å². The maximum atomic E-state index is 12.2. The number of carbonyl (C=O) groups is 1. The first-order valence-corrected chi connectivity index (χ1v) is 8.78. The van der Waals surface area contributed by atoms with Crippen LogP contribution in [-0.4, -0.2) is 38.8 Å². The summed E-state index contributed by atoms with van der Waals surface area (Å²) in [6.07, 6.45) is 1.65. The lowest BCUT2D eigenvalue weighted by Gasteiger charge is -2.23. The number of phenols is 1. The number of ether oxygens (including phenoxy) is 1. The van der Waals surface area contributed by atoms with E-state index in [4.69, 9.17) is 10.5 Å². The molecule has 3 N–H and O–H groups in total. The fourth-order valence-corrected chi connectivity index (χ4v) is 2.90. The Balaban J connectivity index is 2.03. The molecule has 0 bridgehead atoms. The Morgan fingerprint density at radius 1 is 1.39 bits per heavy atom. The molecule has 0 atom stereocenters. The second-order valence-electron chi connectivity index (χ2n) is 5.96. The van der Waals surface area contributed by atoms with Crippen LogP contribution in [0, 0.1) is 11.3 Å². The number of hydrogen-bond acceptors (Lipinski definition) is 8. The molecular weight excluding hydrogens is 360 g/mol. The maximum absolute atomic E-state index is 12.2. The number of nitrogens with zero attached hydrogens (tertiary/aromatic N) is 5. The Morgan fingerprint density at radius 3 is 2.86 bits per heavy atom. The first kappa shape index (κ1) is 19.0. The number of nitriles is 1. The minimum absolute atomic E-state index is 0.0404. The summed E-state index contributed by atoms with van der Waals surface area (Å²) >= 11 is 0. The van der Waals surface area contributed by atoms with E-state index in [0.717, 1.165) is 0 Å². The van der Waals surface area contributed by atoms with Crippen LogP contribution in [0.25, 0.3) is 5.65 Å². The van der Waals surface area contributed by atoms with Crippen molar-refractivity contribution in [2.75, 3.05) is 23.8 Å². The highest BCUT2D eigenvalue weighted by Gasteiger charge is 2.22. The molecule has 1 aromatic carbocycles. The molecule has 0 aliphatic carbocycles. The molecule has 0 spiro atoms. The Hall–Kier alpha value is -3.80. The van der Waals surface area contributed by atoms with E-state index in [0.29, 0.717) is 23.5 Å². The molecule has 0 saturated carbocycles. The zero-order chi connectivity index (χ0) is 20.3. The van der Waals surface area contributed by atoms with Crippen LogP contribution in [0.2, 0.25) is 0 Å². The Bertz CT molecular complexity index is 1070. The molecule has 0 radical (unpaired) electrons. The highest BCUT2D eigenvalue weighted by atomic mass is 16.5. The van der Waals surface area contributed by atoms with E-state index in [1.54, 1.807) is 31.3 Å². The van der Waals surface area contributed by atoms with Gasteiger partial charge in [-0.25, -0.2) is 14.3 Å². The minimum Gasteiger partial charge on any atom is -0.508 e. The molecule has 3 aromatic rings. The Kier molecular flexibility index (Phi) is 5.31. The summed E-state index contributed by atoms with van der Waals surface area (Å²) in [5.41, 5.74) is 7.16. The number of esters is 1. The third-order valence-corrected chi connectivity index (χ3v) is 4.30. The number of nitrogen functional groups attached to an aromatic ring is 1. The number of fused-ring (bicyclic) bond motifs is 1. The molecule has 2 aromatic heterocycles. The van der Waals surface area contributed by atoms with Gasteiger partial charge in [-0.1, -0.05) is 6.07 Å². The Labute approximate surface area is 161 Å². The van der Waals surface area contributed by atoms with Gasteiger partial charge in [-0.05, 0) is 32.0 Å². The summed E-state index contributed by atoms with van der Waals surface area (Å²) in [6.45, 7) is 4.67. The summed E-state index contributed by atoms with van der Waals surface area (Å²) < 4.78 is 6.46. The third kappa shape index (κ3) is 3.40. The van der Waals surface area contributed by atoms with Crippen LogP contribution in [0.4, 0.5) is 11.6 Å². The smallest absolute Gasteiger partial charge is 0.345 e. The lowest BCUT2D eigenvalue weighted by atomic mass is 10.1. The van der Waals surface area contributed by atoms with E-state index in [1.807, 2.05) is 11.8 Å². The van der Waals surface area contributed by atoms with E-state index in [-0.39, 0.29) is 35.9 Å². The van der Waals surface area contributed by atoms with Crippen LogP contribution in [0.5, 0.6) is 5.75 Å². The number of rotatable bonds is 6. The molecule has 28 heavy (non-hydrogen) atoms. The molecule has 0 saturated heterocycles. The van der Waals surface area contributed by atoms with Crippen molar-refractivity contribution in [3.63, 3.8) is 0 Å². The van der Waals surface area contributed by atoms with Gasteiger partial charge in [0.05, 0.1) is 18.2 Å². The summed E-state index contributed by atoms with van der Waals surface area (Å²) in [6, 6.07) is 8.63. The number of benzene rings is 1. The summed E-state index contributed by atoms with van der Waals surface area (Å²) in [5.74, 6) is 0.0424. The third-order valence-electron chi connectivity index (χ3n) is 4.30. The van der Waals surface area contributed by atoms with Gasteiger partial charge in [0.15, 0.2) is 11.5 Å². The molecule has 9 heteroatoms. The van der Waals surface area contributed by atoms with Gasteiger partial charge in [-0.2, -0.15) is 5.26 Å². The monoisotopic (exact) mass is 380 g/mol. The number of anilines is 2. The quantitative estimate of drug-likeness (QED) is 0.622. The van der Waals surface area contributed by atoms with Crippen LogP contribution in [0.1, 0.15) is 35.3 Å². The average molecular weight is 380 g/mol. The lowest BCUT2D eigenvalue weighted by molar-refractivity contribution is 0.0529. The highest BCUT2D eigenvalue weighted by molar-refractivity contribution is 6.00. The van der Waals surface area contributed by atoms with Crippen LogP contribution < -0.4 is 10.6 Å². The van der Waals surface area contributed by atoms with E-state index >= 15 is 0 Å². The lowest BCUT2D eigenvalue weighted by Crippen LogP contribution is -2.24. The number of nitrogens with two attached hydrogens (primary N) is 1. The standard InChI is InChI=1S/C19H20N6O3/c1-3-24(11-13-12(10-20)6-5-7-14(13)26)15-8-9-25-18(22-15)16(17(21)23-25)19(27)28-4-2/h5-9,26H,3-4,11H2,1-2H3,(H2,21,23). The van der Waals surface area contributed by atoms with Gasteiger partial charge in [-0.3, -0.25) is 0 Å². The maximum Gasteiger partial charge on any atom is 0.345 e. The molecule has 0 fully saturated rings. The van der Waals surface area contributed by atoms with E-state index in [2.05, 4.69) is 16.2 Å². The zero-order valence-corrected chi connectivity index (χ0v) is 15.6. The van der Waals surface area contributed by atoms with Crippen molar-refractivity contribution >= 4 is 23.3 Å². The Morgan fingerprint density at radius 2 is 2.18 bits per heavy atom. The zero-order valence-electron chi connectivity index (χ0n) is 15.6. The predicted octanol–water partition coefficient (Wildman–Crippen LogP) is 2.09. The summed E-state index contributed by atoms with van der Waals surface area (Å²) in [5, 5.41) is 23.6. The van der Waals surface area contributed by atoms with Gasteiger partial charge in [0, 0.05) is 24.8 Å². The van der Waals surface area contributed by atoms with Crippen LogP contribution in [0.3, 0.4) is 0 Å². The summed E-state index contributed by atoms with van der Waals surface area (Å²) in [7, 11) is 0. The molecule has 3 rings (SSSR count). The van der Waals surface area contributed by atoms with Gasteiger partial charge in [0.1, 0.15) is 17.1 Å². The van der Waals surface area contributed by atoms with Gasteiger partial charge < -0.3 is 20.5 Å². The summed E-state index contributed by atoms with van der Waals surface area (Å²) in [4.78, 5) is 18.6. The number of hydrogen-bond donors (Lipinski definition) is 2. The highest BCUT2D eigenvalue weighted by Crippen LogP contribution is 2.26. The molecule has 9 nitrogen and oxygen atoms in total. The molecule has 144 valence electrons. The van der Waals surface area contributed by atoms with Gasteiger partial charge >= 0.3 is 5.97 Å². The number of phenolic OH excluding ortho intramolecular Hbond substituents is 1. The van der Waals surface area contributed by atoms with Crippen LogP contribution >= 0.6 is 0 Å². The van der Waals surface area contributed by atoms with Crippen molar-refractivity contribution in [3.8, 4) is 11.8 Å². The van der Waals surface area contributed by atoms with Gasteiger partial charge in [-0.15, -0.1) is 5.10 Å². The van der Waals surface area contributed by atoms with Crippen molar-refractivity contribution in [3.05, 3.63) is 47.2 Å². The van der Waals surface area contributed by atoms with Crippen molar-refractivity contribution in [2.24, 2.45) is 0 Å². The van der Waals surface area contributed by atoms with Crippen LogP contribution in [0.15, 0.2) is 30.5 Å². The normalized spacial score (nSPS) is 10.6. The van der Waals surface area contributed by atoms with Gasteiger partial charge in [0.2, 0.25) is 0 Å². The number of carbonyl (C=O) groups excluding carboxylic acids is 1. The molecule has 2 heterocycles. The minimum atomic E-state index is -0.588.